The summed E-state index contributed by atoms with van der Waals surface area (Å²) in [5, 5.41) is 19.6. The van der Waals surface area contributed by atoms with Crippen LogP contribution in [0, 0.1) is 17.1 Å². The molecular weight excluding hydrogens is 479 g/mol. The van der Waals surface area contributed by atoms with E-state index < -0.39 is 5.92 Å². The van der Waals surface area contributed by atoms with Crippen molar-refractivity contribution in [3.05, 3.63) is 93.0 Å². The second-order valence-corrected chi connectivity index (χ2v) is 7.95. The maximum atomic E-state index is 13.5. The highest BCUT2D eigenvalue weighted by Gasteiger charge is 2.32. The number of halogens is 2. The highest BCUT2D eigenvalue weighted by molar-refractivity contribution is 9.10. The largest absolute Gasteiger partial charge is 0.508 e. The van der Waals surface area contributed by atoms with Crippen molar-refractivity contribution in [1.29, 1.82) is 5.26 Å². The van der Waals surface area contributed by atoms with Crippen LogP contribution in [0.3, 0.4) is 0 Å². The molecule has 0 radical (unpaired) electrons. The molecule has 1 atom stereocenters. The minimum Gasteiger partial charge on any atom is -0.508 e. The van der Waals surface area contributed by atoms with Crippen LogP contribution in [0.1, 0.15) is 22.6 Å². The van der Waals surface area contributed by atoms with E-state index in [4.69, 9.17) is 19.9 Å². The predicted octanol–water partition coefficient (Wildman–Crippen LogP) is 5.10. The van der Waals surface area contributed by atoms with Crippen LogP contribution in [0.4, 0.5) is 4.39 Å². The SMILES string of the molecule is COc1cc([C@H]2C(C#N)=C(N)Oc3cc(O)ccc32)cc(Br)c1OCc1cccc(F)c1. The second kappa shape index (κ2) is 8.81. The molecule has 162 valence electrons. The van der Waals surface area contributed by atoms with Crippen LogP contribution in [0.25, 0.3) is 0 Å². The summed E-state index contributed by atoms with van der Waals surface area (Å²) in [7, 11) is 1.51. The van der Waals surface area contributed by atoms with Gasteiger partial charge in [-0.15, -0.1) is 0 Å². The number of phenolic OH excluding ortho intramolecular Hbond substituents is 1. The van der Waals surface area contributed by atoms with Gasteiger partial charge in [0.2, 0.25) is 5.88 Å². The molecule has 0 aliphatic carbocycles. The third kappa shape index (κ3) is 4.07. The van der Waals surface area contributed by atoms with E-state index in [9.17, 15) is 14.8 Å². The Hall–Kier alpha value is -3.70. The van der Waals surface area contributed by atoms with Crippen LogP contribution < -0.4 is 19.9 Å². The molecule has 4 rings (SSSR count). The standard InChI is InChI=1S/C24H18BrFN2O4/c1-30-21-9-14(8-19(25)23(21)31-12-13-3-2-4-15(26)7-13)22-17-6-5-16(29)10-20(17)32-24(28)18(22)11-27/h2-10,22,29H,12,28H2,1H3/t22-/m1/s1. The number of aromatic hydroxyl groups is 1. The Morgan fingerprint density at radius 1 is 1.22 bits per heavy atom. The van der Waals surface area contributed by atoms with E-state index in [1.807, 2.05) is 0 Å². The number of fused-ring (bicyclic) bond motifs is 1. The Bertz CT molecular complexity index is 1270. The molecule has 1 heterocycles. The number of nitriles is 1. The van der Waals surface area contributed by atoms with Crippen molar-refractivity contribution in [2.24, 2.45) is 5.73 Å². The van der Waals surface area contributed by atoms with E-state index in [0.29, 0.717) is 38.4 Å². The molecule has 8 heteroatoms. The van der Waals surface area contributed by atoms with Gasteiger partial charge < -0.3 is 25.1 Å². The Labute approximate surface area is 192 Å². The van der Waals surface area contributed by atoms with Gasteiger partial charge in [0.25, 0.3) is 0 Å². The molecule has 0 spiro atoms. The van der Waals surface area contributed by atoms with Crippen LogP contribution in [-0.4, -0.2) is 12.2 Å². The van der Waals surface area contributed by atoms with Crippen molar-refractivity contribution in [3.8, 4) is 29.1 Å². The molecular formula is C24H18BrFN2O4. The number of nitrogens with zero attached hydrogens (tertiary/aromatic N) is 1. The first kappa shape index (κ1) is 21.5. The van der Waals surface area contributed by atoms with Gasteiger partial charge in [0.1, 0.15) is 35.6 Å². The summed E-state index contributed by atoms with van der Waals surface area (Å²) in [6.45, 7) is 0.141. The lowest BCUT2D eigenvalue weighted by atomic mass is 9.83. The lowest BCUT2D eigenvalue weighted by Gasteiger charge is -2.27. The fourth-order valence-electron chi connectivity index (χ4n) is 3.62. The molecule has 3 aromatic rings. The first-order valence-electron chi connectivity index (χ1n) is 9.56. The minimum absolute atomic E-state index is 0.0237. The van der Waals surface area contributed by atoms with Crippen LogP contribution >= 0.6 is 15.9 Å². The lowest BCUT2D eigenvalue weighted by molar-refractivity contribution is 0.282. The van der Waals surface area contributed by atoms with Gasteiger partial charge >= 0.3 is 0 Å². The lowest BCUT2D eigenvalue weighted by Crippen LogP contribution is -2.21. The third-order valence-electron chi connectivity index (χ3n) is 5.06. The zero-order valence-electron chi connectivity index (χ0n) is 16.9. The number of allylic oxidation sites excluding steroid dienone is 1. The summed E-state index contributed by atoms with van der Waals surface area (Å²) >= 11 is 3.52. The zero-order valence-corrected chi connectivity index (χ0v) is 18.5. The molecule has 3 aromatic carbocycles. The Kier molecular flexibility index (Phi) is 5.93. The van der Waals surface area contributed by atoms with E-state index in [1.165, 1.54) is 31.4 Å². The van der Waals surface area contributed by atoms with Gasteiger partial charge in [0.15, 0.2) is 11.5 Å². The minimum atomic E-state index is -0.535. The molecule has 1 aliphatic heterocycles. The molecule has 0 amide bonds. The smallest absolute Gasteiger partial charge is 0.205 e. The number of phenols is 1. The Balaban J connectivity index is 1.75. The molecule has 0 saturated heterocycles. The van der Waals surface area contributed by atoms with Crippen LogP contribution in [0.5, 0.6) is 23.0 Å². The van der Waals surface area contributed by atoms with E-state index >= 15 is 0 Å². The highest BCUT2D eigenvalue weighted by Crippen LogP contribution is 2.47. The van der Waals surface area contributed by atoms with Crippen molar-refractivity contribution in [2.45, 2.75) is 12.5 Å². The summed E-state index contributed by atoms with van der Waals surface area (Å²) in [4.78, 5) is 0. The number of ether oxygens (including phenoxy) is 3. The van der Waals surface area contributed by atoms with E-state index in [2.05, 4.69) is 22.0 Å². The predicted molar refractivity (Wildman–Crippen MR) is 119 cm³/mol. The van der Waals surface area contributed by atoms with Crippen molar-refractivity contribution < 1.29 is 23.7 Å². The summed E-state index contributed by atoms with van der Waals surface area (Å²) in [6, 6.07) is 16.5. The fourth-order valence-corrected chi connectivity index (χ4v) is 4.19. The van der Waals surface area contributed by atoms with Gasteiger partial charge in [0.05, 0.1) is 17.5 Å². The molecule has 0 saturated carbocycles. The highest BCUT2D eigenvalue weighted by atomic mass is 79.9. The van der Waals surface area contributed by atoms with Gasteiger partial charge in [-0.1, -0.05) is 18.2 Å². The average Bonchev–Trinajstić information content (AvgIpc) is 2.76. The molecule has 0 aromatic heterocycles. The van der Waals surface area contributed by atoms with Gasteiger partial charge in [-0.2, -0.15) is 5.26 Å². The summed E-state index contributed by atoms with van der Waals surface area (Å²) < 4.78 is 31.1. The maximum absolute atomic E-state index is 13.5. The number of hydrogen-bond donors (Lipinski definition) is 2. The quantitative estimate of drug-likeness (QED) is 0.509. The number of rotatable bonds is 5. The number of methoxy groups -OCH3 is 1. The monoisotopic (exact) mass is 496 g/mol. The zero-order chi connectivity index (χ0) is 22.8. The van der Waals surface area contributed by atoms with Crippen LogP contribution in [0.2, 0.25) is 0 Å². The Morgan fingerprint density at radius 2 is 2.03 bits per heavy atom. The Morgan fingerprint density at radius 3 is 2.75 bits per heavy atom. The van der Waals surface area contributed by atoms with Gasteiger partial charge in [-0.3, -0.25) is 0 Å². The van der Waals surface area contributed by atoms with Gasteiger partial charge in [-0.25, -0.2) is 4.39 Å². The van der Waals surface area contributed by atoms with E-state index in [1.54, 1.807) is 30.3 Å². The third-order valence-corrected chi connectivity index (χ3v) is 5.65. The molecule has 6 nitrogen and oxygen atoms in total. The van der Waals surface area contributed by atoms with Gasteiger partial charge in [-0.05, 0) is 57.4 Å². The molecule has 32 heavy (non-hydrogen) atoms. The fraction of sp³-hybridized carbons (Fsp3) is 0.125. The van der Waals surface area contributed by atoms with Crippen LogP contribution in [-0.2, 0) is 6.61 Å². The number of hydrogen-bond acceptors (Lipinski definition) is 6. The number of nitrogens with two attached hydrogens (primary N) is 1. The maximum Gasteiger partial charge on any atom is 0.205 e. The molecule has 0 fully saturated rings. The average molecular weight is 497 g/mol. The van der Waals surface area contributed by atoms with Crippen molar-refractivity contribution in [3.63, 3.8) is 0 Å². The molecule has 0 bridgehead atoms. The normalized spacial score (nSPS) is 14.9. The topological polar surface area (TPSA) is 97.7 Å². The summed E-state index contributed by atoms with van der Waals surface area (Å²) in [6.07, 6.45) is 0. The molecule has 0 unspecified atom stereocenters. The van der Waals surface area contributed by atoms with E-state index in [-0.39, 0.29) is 29.6 Å². The summed E-state index contributed by atoms with van der Waals surface area (Å²) in [5.41, 5.74) is 8.30. The van der Waals surface area contributed by atoms with Crippen molar-refractivity contribution >= 4 is 15.9 Å². The molecule has 3 N–H and O–H groups in total. The van der Waals surface area contributed by atoms with Crippen molar-refractivity contribution in [1.82, 2.24) is 0 Å². The second-order valence-electron chi connectivity index (χ2n) is 7.10. The van der Waals surface area contributed by atoms with Crippen LogP contribution in [0.15, 0.2) is 70.5 Å². The van der Waals surface area contributed by atoms with Crippen molar-refractivity contribution in [2.75, 3.05) is 7.11 Å². The first-order chi connectivity index (χ1) is 15.4. The van der Waals surface area contributed by atoms with E-state index in [0.717, 1.165) is 0 Å². The number of benzene rings is 3. The molecule has 1 aliphatic rings. The van der Waals surface area contributed by atoms with Gasteiger partial charge in [0, 0.05) is 11.6 Å². The summed E-state index contributed by atoms with van der Waals surface area (Å²) in [5.74, 6) is 0.347. The first-order valence-corrected chi connectivity index (χ1v) is 10.4.